The van der Waals surface area contributed by atoms with Crippen LogP contribution in [-0.4, -0.2) is 23.0 Å². The van der Waals surface area contributed by atoms with E-state index in [4.69, 9.17) is 10.5 Å². The smallest absolute Gasteiger partial charge is 0.407 e. The number of carbonyl (C=O) groups is 2. The van der Waals surface area contributed by atoms with E-state index in [1.54, 1.807) is 20.8 Å². The summed E-state index contributed by atoms with van der Waals surface area (Å²) in [5, 5.41) is 2.55. The molecule has 0 saturated carbocycles. The van der Waals surface area contributed by atoms with Crippen molar-refractivity contribution >= 4 is 18.1 Å². The van der Waals surface area contributed by atoms with E-state index < -0.39 is 11.7 Å². The Hall–Kier alpha value is -2.11. The molecular formula is C12H17N3O3. The number of pyridine rings is 1. The third-order valence-electron chi connectivity index (χ3n) is 1.96. The number of nitrogens with zero attached hydrogens (tertiary/aromatic N) is 1. The molecule has 6 nitrogen and oxygen atoms in total. The zero-order valence-corrected chi connectivity index (χ0v) is 10.7. The van der Waals surface area contributed by atoms with Gasteiger partial charge in [-0.05, 0) is 26.8 Å². The number of ether oxygens (including phenoxy) is 1. The molecule has 0 radical (unpaired) electrons. The molecule has 0 aliphatic heterocycles. The topological polar surface area (TPSA) is 94.3 Å². The summed E-state index contributed by atoms with van der Waals surface area (Å²) < 4.78 is 5.07. The molecule has 0 aliphatic carbocycles. The van der Waals surface area contributed by atoms with E-state index in [9.17, 15) is 9.59 Å². The number of aldehydes is 1. The van der Waals surface area contributed by atoms with Crippen LogP contribution in [0, 0.1) is 0 Å². The molecule has 0 saturated heterocycles. The molecule has 0 atom stereocenters. The number of hydrogen-bond donors (Lipinski definition) is 2. The Labute approximate surface area is 106 Å². The molecule has 6 heteroatoms. The van der Waals surface area contributed by atoms with Gasteiger partial charge in [-0.3, -0.25) is 9.78 Å². The van der Waals surface area contributed by atoms with Crippen LogP contribution >= 0.6 is 0 Å². The maximum Gasteiger partial charge on any atom is 0.407 e. The lowest BCUT2D eigenvalue weighted by Crippen LogP contribution is -2.32. The zero-order valence-electron chi connectivity index (χ0n) is 10.7. The van der Waals surface area contributed by atoms with Crippen molar-refractivity contribution in [2.75, 3.05) is 5.73 Å². The van der Waals surface area contributed by atoms with Gasteiger partial charge in [0.15, 0.2) is 6.29 Å². The number of rotatable bonds is 3. The van der Waals surface area contributed by atoms with Crippen molar-refractivity contribution < 1.29 is 14.3 Å². The third-order valence-corrected chi connectivity index (χ3v) is 1.96. The summed E-state index contributed by atoms with van der Waals surface area (Å²) >= 11 is 0. The molecule has 0 fully saturated rings. The molecule has 0 spiro atoms. The SMILES string of the molecule is CC(C)(C)OC(=O)NCc1cc(C=O)c(N)cn1. The van der Waals surface area contributed by atoms with Crippen LogP contribution < -0.4 is 11.1 Å². The average molecular weight is 251 g/mol. The number of nitrogens with one attached hydrogen (secondary N) is 1. The minimum absolute atomic E-state index is 0.177. The van der Waals surface area contributed by atoms with E-state index in [0.29, 0.717) is 23.2 Å². The van der Waals surface area contributed by atoms with Gasteiger partial charge in [0.25, 0.3) is 0 Å². The van der Waals surface area contributed by atoms with Crippen molar-refractivity contribution in [3.05, 3.63) is 23.5 Å². The van der Waals surface area contributed by atoms with Crippen molar-refractivity contribution in [3.8, 4) is 0 Å². The van der Waals surface area contributed by atoms with Crippen molar-refractivity contribution in [2.24, 2.45) is 0 Å². The highest BCUT2D eigenvalue weighted by Gasteiger charge is 2.15. The van der Waals surface area contributed by atoms with Gasteiger partial charge >= 0.3 is 6.09 Å². The summed E-state index contributed by atoms with van der Waals surface area (Å²) in [6, 6.07) is 1.53. The van der Waals surface area contributed by atoms with Gasteiger partial charge in [0.05, 0.1) is 24.1 Å². The number of nitrogens with two attached hydrogens (primary N) is 1. The molecule has 0 aromatic carbocycles. The third kappa shape index (κ3) is 4.40. The molecule has 0 bridgehead atoms. The van der Waals surface area contributed by atoms with Gasteiger partial charge in [0.1, 0.15) is 5.60 Å². The van der Waals surface area contributed by atoms with Crippen LogP contribution in [0.4, 0.5) is 10.5 Å². The normalized spacial score (nSPS) is 10.8. The number of nitrogen functional groups attached to an aromatic ring is 1. The van der Waals surface area contributed by atoms with Crippen molar-refractivity contribution in [3.63, 3.8) is 0 Å². The number of amides is 1. The number of hydrogen-bond acceptors (Lipinski definition) is 5. The first-order valence-corrected chi connectivity index (χ1v) is 5.48. The summed E-state index contributed by atoms with van der Waals surface area (Å²) in [5.74, 6) is 0. The molecule has 98 valence electrons. The summed E-state index contributed by atoms with van der Waals surface area (Å²) in [6.45, 7) is 5.51. The standard InChI is InChI=1S/C12H17N3O3/c1-12(2,3)18-11(17)15-5-9-4-8(7-16)10(13)6-14-9/h4,6-7H,5,13H2,1-3H3,(H,15,17). The second-order valence-corrected chi connectivity index (χ2v) is 4.78. The first kappa shape index (κ1) is 14.0. The number of anilines is 1. The van der Waals surface area contributed by atoms with Crippen LogP contribution in [0.25, 0.3) is 0 Å². The first-order valence-electron chi connectivity index (χ1n) is 5.48. The van der Waals surface area contributed by atoms with E-state index in [-0.39, 0.29) is 6.54 Å². The largest absolute Gasteiger partial charge is 0.444 e. The summed E-state index contributed by atoms with van der Waals surface area (Å²) in [4.78, 5) is 26.1. The number of carbonyl (C=O) groups excluding carboxylic acids is 2. The Bertz CT molecular complexity index is 452. The lowest BCUT2D eigenvalue weighted by atomic mass is 10.2. The van der Waals surface area contributed by atoms with E-state index in [0.717, 1.165) is 0 Å². The van der Waals surface area contributed by atoms with Gasteiger partial charge < -0.3 is 15.8 Å². The zero-order chi connectivity index (χ0) is 13.8. The van der Waals surface area contributed by atoms with E-state index >= 15 is 0 Å². The summed E-state index contributed by atoms with van der Waals surface area (Å²) in [5.41, 5.74) is 6.19. The lowest BCUT2D eigenvalue weighted by Gasteiger charge is -2.19. The average Bonchev–Trinajstić information content (AvgIpc) is 2.25. The predicted octanol–water partition coefficient (Wildman–Crippen LogP) is 1.50. The molecule has 1 heterocycles. The predicted molar refractivity (Wildman–Crippen MR) is 67.1 cm³/mol. The van der Waals surface area contributed by atoms with Gasteiger partial charge in [-0.1, -0.05) is 0 Å². The van der Waals surface area contributed by atoms with Crippen LogP contribution in [-0.2, 0) is 11.3 Å². The Morgan fingerprint density at radius 2 is 2.22 bits per heavy atom. The first-order chi connectivity index (χ1) is 8.31. The van der Waals surface area contributed by atoms with Crippen LogP contribution in [0.1, 0.15) is 36.8 Å². The Balaban J connectivity index is 2.59. The Morgan fingerprint density at radius 3 is 2.78 bits per heavy atom. The molecule has 0 aliphatic rings. The number of aromatic nitrogens is 1. The highest BCUT2D eigenvalue weighted by atomic mass is 16.6. The molecule has 1 aromatic heterocycles. The second kappa shape index (κ2) is 5.48. The quantitative estimate of drug-likeness (QED) is 0.794. The minimum atomic E-state index is -0.549. The minimum Gasteiger partial charge on any atom is -0.444 e. The van der Waals surface area contributed by atoms with Gasteiger partial charge in [-0.25, -0.2) is 4.79 Å². The fourth-order valence-electron chi connectivity index (χ4n) is 1.20. The fraction of sp³-hybridized carbons (Fsp3) is 0.417. The van der Waals surface area contributed by atoms with Gasteiger partial charge in [-0.2, -0.15) is 0 Å². The highest BCUT2D eigenvalue weighted by Crippen LogP contribution is 2.09. The van der Waals surface area contributed by atoms with Crippen LogP contribution in [0.3, 0.4) is 0 Å². The van der Waals surface area contributed by atoms with E-state index in [1.165, 1.54) is 12.3 Å². The van der Waals surface area contributed by atoms with Gasteiger partial charge in [-0.15, -0.1) is 0 Å². The summed E-state index contributed by atoms with van der Waals surface area (Å²) in [7, 11) is 0. The summed E-state index contributed by atoms with van der Waals surface area (Å²) in [6.07, 6.45) is 1.50. The fourth-order valence-corrected chi connectivity index (χ4v) is 1.20. The molecule has 1 aromatic rings. The Kier molecular flexibility index (Phi) is 4.25. The Morgan fingerprint density at radius 1 is 1.56 bits per heavy atom. The maximum absolute atomic E-state index is 11.4. The molecular weight excluding hydrogens is 234 g/mol. The monoisotopic (exact) mass is 251 g/mol. The highest BCUT2D eigenvalue weighted by molar-refractivity contribution is 5.82. The van der Waals surface area contributed by atoms with Crippen LogP contribution in [0.15, 0.2) is 12.3 Å². The van der Waals surface area contributed by atoms with Crippen LogP contribution in [0.2, 0.25) is 0 Å². The molecule has 1 amide bonds. The molecule has 18 heavy (non-hydrogen) atoms. The molecule has 0 unspecified atom stereocenters. The van der Waals surface area contributed by atoms with Crippen LogP contribution in [0.5, 0.6) is 0 Å². The molecule has 1 rings (SSSR count). The van der Waals surface area contributed by atoms with E-state index in [1.807, 2.05) is 0 Å². The lowest BCUT2D eigenvalue weighted by molar-refractivity contribution is 0.0523. The molecule has 3 N–H and O–H groups in total. The van der Waals surface area contributed by atoms with Crippen molar-refractivity contribution in [1.29, 1.82) is 0 Å². The second-order valence-electron chi connectivity index (χ2n) is 4.78. The van der Waals surface area contributed by atoms with Gasteiger partial charge in [0, 0.05) is 5.56 Å². The van der Waals surface area contributed by atoms with Crippen molar-refractivity contribution in [2.45, 2.75) is 32.9 Å². The van der Waals surface area contributed by atoms with Crippen molar-refractivity contribution in [1.82, 2.24) is 10.3 Å². The maximum atomic E-state index is 11.4. The van der Waals surface area contributed by atoms with E-state index in [2.05, 4.69) is 10.3 Å². The number of alkyl carbamates (subject to hydrolysis) is 1. The van der Waals surface area contributed by atoms with Gasteiger partial charge in [0.2, 0.25) is 0 Å².